The molecule has 3 aliphatic rings. The van der Waals surface area contributed by atoms with E-state index in [4.69, 9.17) is 9.72 Å². The molecule has 170 valence electrons. The second-order valence-corrected chi connectivity index (χ2v) is 9.50. The van der Waals surface area contributed by atoms with Crippen molar-refractivity contribution in [2.45, 2.75) is 70.1 Å². The Hall–Kier alpha value is -2.87. The van der Waals surface area contributed by atoms with Gasteiger partial charge in [-0.15, -0.1) is 0 Å². The van der Waals surface area contributed by atoms with Crippen LogP contribution in [0.4, 0.5) is 23.1 Å². The van der Waals surface area contributed by atoms with Gasteiger partial charge in [-0.05, 0) is 63.8 Å². The number of aliphatic hydroxyl groups excluding tert-OH is 1. The molecule has 0 unspecified atom stereocenters. The maximum absolute atomic E-state index is 13.2. The van der Waals surface area contributed by atoms with Gasteiger partial charge < -0.3 is 20.1 Å². The van der Waals surface area contributed by atoms with Crippen molar-refractivity contribution in [1.29, 1.82) is 0 Å². The van der Waals surface area contributed by atoms with E-state index in [1.807, 2.05) is 17.0 Å². The summed E-state index contributed by atoms with van der Waals surface area (Å²) >= 11 is 0. The summed E-state index contributed by atoms with van der Waals surface area (Å²) in [5, 5.41) is 13.0. The number of benzene rings is 1. The first-order chi connectivity index (χ1) is 15.4. The molecule has 8 nitrogen and oxygen atoms in total. The number of amides is 1. The van der Waals surface area contributed by atoms with E-state index in [-0.39, 0.29) is 18.1 Å². The number of fused-ring (bicyclic) bond motifs is 1. The van der Waals surface area contributed by atoms with Crippen molar-refractivity contribution in [3.05, 3.63) is 30.5 Å². The third kappa shape index (κ3) is 3.99. The topological polar surface area (TPSA) is 90.8 Å². The number of rotatable bonds is 4. The van der Waals surface area contributed by atoms with Crippen LogP contribution in [0.5, 0.6) is 5.75 Å². The van der Waals surface area contributed by atoms with E-state index in [1.165, 1.54) is 0 Å². The Balaban J connectivity index is 1.36. The van der Waals surface area contributed by atoms with Crippen LogP contribution >= 0.6 is 0 Å². The van der Waals surface area contributed by atoms with Crippen LogP contribution in [0, 0.1) is 0 Å². The fraction of sp³-hybridized carbons (Fsp3) is 0.542. The third-order valence-corrected chi connectivity index (χ3v) is 6.71. The molecule has 1 aliphatic carbocycles. The summed E-state index contributed by atoms with van der Waals surface area (Å²) in [5.41, 5.74) is 1.10. The predicted molar refractivity (Wildman–Crippen MR) is 124 cm³/mol. The fourth-order valence-corrected chi connectivity index (χ4v) is 4.88. The van der Waals surface area contributed by atoms with Gasteiger partial charge in [-0.1, -0.05) is 12.8 Å². The normalized spacial score (nSPS) is 21.4. The summed E-state index contributed by atoms with van der Waals surface area (Å²) < 4.78 is 5.95. The van der Waals surface area contributed by atoms with E-state index in [1.54, 1.807) is 20.0 Å². The quantitative estimate of drug-likeness (QED) is 0.755. The zero-order chi connectivity index (χ0) is 22.3. The molecule has 32 heavy (non-hydrogen) atoms. The summed E-state index contributed by atoms with van der Waals surface area (Å²) in [7, 11) is 0. The average Bonchev–Trinajstić information content (AvgIpc) is 3.30. The molecule has 1 saturated heterocycles. The van der Waals surface area contributed by atoms with Crippen molar-refractivity contribution < 1.29 is 14.6 Å². The van der Waals surface area contributed by atoms with Crippen molar-refractivity contribution in [3.8, 4) is 5.75 Å². The van der Waals surface area contributed by atoms with E-state index >= 15 is 0 Å². The lowest BCUT2D eigenvalue weighted by Gasteiger charge is -2.40. The number of hydrogen-bond donors (Lipinski definition) is 2. The monoisotopic (exact) mass is 437 g/mol. The number of anilines is 4. The van der Waals surface area contributed by atoms with Gasteiger partial charge >= 0.3 is 0 Å². The van der Waals surface area contributed by atoms with Crippen LogP contribution in [-0.2, 0) is 4.79 Å². The number of nitrogens with zero attached hydrogens (tertiary/aromatic N) is 4. The highest BCUT2D eigenvalue weighted by Crippen LogP contribution is 2.40. The molecule has 3 heterocycles. The van der Waals surface area contributed by atoms with Gasteiger partial charge in [0, 0.05) is 30.5 Å². The van der Waals surface area contributed by atoms with Gasteiger partial charge in [-0.2, -0.15) is 4.98 Å². The summed E-state index contributed by atoms with van der Waals surface area (Å²) in [6, 6.07) is 8.30. The maximum Gasteiger partial charge on any atom is 0.272 e. The number of ether oxygens (including phenoxy) is 1. The van der Waals surface area contributed by atoms with Crippen LogP contribution in [0.3, 0.4) is 0 Å². The van der Waals surface area contributed by atoms with Gasteiger partial charge in [-0.25, -0.2) is 4.98 Å². The van der Waals surface area contributed by atoms with Crippen molar-refractivity contribution in [3.63, 3.8) is 0 Å². The Morgan fingerprint density at radius 1 is 1.09 bits per heavy atom. The Kier molecular flexibility index (Phi) is 5.41. The molecule has 8 heteroatoms. The number of aromatic nitrogens is 2. The molecule has 0 spiro atoms. The zero-order valence-corrected chi connectivity index (χ0v) is 18.8. The molecule has 2 N–H and O–H groups in total. The molecule has 1 amide bonds. The van der Waals surface area contributed by atoms with Crippen molar-refractivity contribution in [2.24, 2.45) is 0 Å². The Morgan fingerprint density at radius 2 is 1.78 bits per heavy atom. The number of nitrogens with one attached hydrogen (secondary N) is 1. The minimum Gasteiger partial charge on any atom is -0.472 e. The standard InChI is InChI=1S/C24H31N5O3/c1-24(2)22(31)29(18-5-3-4-6-18)21-20(32-24)15-25-23(27-21)26-16-7-9-17(10-8-16)28-13-11-19(30)12-14-28/h7-10,15,18-19,30H,3-6,11-14H2,1-2H3,(H,25,26,27). The molecule has 2 fully saturated rings. The molecule has 1 aromatic heterocycles. The zero-order valence-electron chi connectivity index (χ0n) is 18.8. The van der Waals surface area contributed by atoms with Crippen LogP contribution < -0.4 is 19.9 Å². The summed E-state index contributed by atoms with van der Waals surface area (Å²) in [5.74, 6) is 1.51. The van der Waals surface area contributed by atoms with E-state index in [0.717, 1.165) is 63.0 Å². The van der Waals surface area contributed by atoms with E-state index in [9.17, 15) is 9.90 Å². The van der Waals surface area contributed by atoms with Gasteiger partial charge in [0.2, 0.25) is 5.95 Å². The van der Waals surface area contributed by atoms with Crippen molar-refractivity contribution in [2.75, 3.05) is 28.2 Å². The minimum absolute atomic E-state index is 0.0439. The maximum atomic E-state index is 13.2. The fourth-order valence-electron chi connectivity index (χ4n) is 4.88. The molecule has 0 bridgehead atoms. The Morgan fingerprint density at radius 3 is 2.47 bits per heavy atom. The van der Waals surface area contributed by atoms with Gasteiger partial charge in [-0.3, -0.25) is 9.69 Å². The summed E-state index contributed by atoms with van der Waals surface area (Å²) in [6.45, 7) is 5.33. The predicted octanol–water partition coefficient (Wildman–Crippen LogP) is 3.63. The number of carbonyl (C=O) groups is 1. The summed E-state index contributed by atoms with van der Waals surface area (Å²) in [4.78, 5) is 26.4. The first-order valence-corrected chi connectivity index (χ1v) is 11.6. The van der Waals surface area contributed by atoms with E-state index in [0.29, 0.717) is 17.5 Å². The largest absolute Gasteiger partial charge is 0.472 e. The lowest BCUT2D eigenvalue weighted by Crippen LogP contribution is -2.55. The molecule has 1 saturated carbocycles. The Labute approximate surface area is 188 Å². The minimum atomic E-state index is -0.922. The second-order valence-electron chi connectivity index (χ2n) is 9.50. The first kappa shape index (κ1) is 21.0. The number of hydrogen-bond acceptors (Lipinski definition) is 7. The van der Waals surface area contributed by atoms with E-state index < -0.39 is 5.60 Å². The SMILES string of the molecule is CC1(C)Oc2cnc(Nc3ccc(N4CCC(O)CC4)cc3)nc2N(C2CCCC2)C1=O. The highest BCUT2D eigenvalue weighted by molar-refractivity contribution is 6.02. The summed E-state index contributed by atoms with van der Waals surface area (Å²) in [6.07, 6.45) is 7.32. The second kappa shape index (κ2) is 8.24. The number of aliphatic hydroxyl groups is 1. The van der Waals surface area contributed by atoms with E-state index in [2.05, 4.69) is 27.3 Å². The van der Waals surface area contributed by atoms with Gasteiger partial charge in [0.05, 0.1) is 12.3 Å². The van der Waals surface area contributed by atoms with Gasteiger partial charge in [0.1, 0.15) is 0 Å². The molecule has 2 aromatic rings. The first-order valence-electron chi connectivity index (χ1n) is 11.6. The molecular weight excluding hydrogens is 406 g/mol. The average molecular weight is 438 g/mol. The lowest BCUT2D eigenvalue weighted by atomic mass is 10.0. The highest BCUT2D eigenvalue weighted by Gasteiger charge is 2.45. The molecular formula is C24H31N5O3. The van der Waals surface area contributed by atoms with Gasteiger partial charge in [0.15, 0.2) is 17.2 Å². The van der Waals surface area contributed by atoms with Crippen LogP contribution in [0.25, 0.3) is 0 Å². The highest BCUT2D eigenvalue weighted by atomic mass is 16.5. The van der Waals surface area contributed by atoms with Crippen LogP contribution in [0.2, 0.25) is 0 Å². The number of piperidine rings is 1. The van der Waals surface area contributed by atoms with Gasteiger partial charge in [0.25, 0.3) is 5.91 Å². The van der Waals surface area contributed by atoms with Crippen LogP contribution in [0.1, 0.15) is 52.4 Å². The van der Waals surface area contributed by atoms with Crippen molar-refractivity contribution in [1.82, 2.24) is 9.97 Å². The molecule has 1 aromatic carbocycles. The van der Waals surface area contributed by atoms with Crippen molar-refractivity contribution >= 4 is 29.0 Å². The molecule has 5 rings (SSSR count). The third-order valence-electron chi connectivity index (χ3n) is 6.71. The molecule has 0 radical (unpaired) electrons. The smallest absolute Gasteiger partial charge is 0.272 e. The van der Waals surface area contributed by atoms with Crippen LogP contribution in [0.15, 0.2) is 30.5 Å². The number of carbonyl (C=O) groups excluding carboxylic acids is 1. The molecule has 2 aliphatic heterocycles. The van der Waals surface area contributed by atoms with Crippen LogP contribution in [-0.4, -0.2) is 51.8 Å². The lowest BCUT2D eigenvalue weighted by molar-refractivity contribution is -0.133. The Bertz CT molecular complexity index is 980. The molecule has 0 atom stereocenters.